The first-order chi connectivity index (χ1) is 12.9. The van der Waals surface area contributed by atoms with E-state index in [0.29, 0.717) is 11.6 Å². The van der Waals surface area contributed by atoms with Crippen LogP contribution in [0.1, 0.15) is 43.7 Å². The maximum Gasteiger partial charge on any atom is 0.139 e. The molecule has 0 aliphatic heterocycles. The van der Waals surface area contributed by atoms with Gasteiger partial charge in [0.05, 0.1) is 16.8 Å². The third-order valence-corrected chi connectivity index (χ3v) is 5.49. The lowest BCUT2D eigenvalue weighted by Crippen LogP contribution is -2.14. The molecular weight excluding hydrogens is 322 g/mol. The lowest BCUT2D eigenvalue weighted by atomic mass is 9.94. The topological polar surface area (TPSA) is 70.3 Å². The quantitative estimate of drug-likeness (QED) is 0.560. The first-order valence-electron chi connectivity index (χ1n) is 9.19. The minimum atomic E-state index is 0.435. The van der Waals surface area contributed by atoms with Gasteiger partial charge in [-0.2, -0.15) is 5.26 Å². The van der Waals surface area contributed by atoms with Crippen LogP contribution in [0.3, 0.4) is 0 Å². The maximum atomic E-state index is 9.58. The molecule has 5 nitrogen and oxygen atoms in total. The molecule has 128 valence electrons. The Balaban J connectivity index is 1.86. The average molecular weight is 341 g/mol. The molecule has 0 spiro atoms. The molecule has 4 aromatic heterocycles. The fraction of sp³-hybridized carbons (Fsp3) is 0.286. The van der Waals surface area contributed by atoms with Gasteiger partial charge in [0, 0.05) is 35.4 Å². The van der Waals surface area contributed by atoms with Crippen molar-refractivity contribution in [3.8, 4) is 17.5 Å². The minimum Gasteiger partial charge on any atom is -0.346 e. The summed E-state index contributed by atoms with van der Waals surface area (Å²) in [6.07, 6.45) is 11.8. The van der Waals surface area contributed by atoms with Gasteiger partial charge in [-0.05, 0) is 37.1 Å². The largest absolute Gasteiger partial charge is 0.346 e. The van der Waals surface area contributed by atoms with Gasteiger partial charge < -0.3 is 9.55 Å². The number of nitriles is 1. The van der Waals surface area contributed by atoms with Gasteiger partial charge in [-0.15, -0.1) is 0 Å². The van der Waals surface area contributed by atoms with E-state index in [1.54, 1.807) is 6.20 Å². The number of pyridine rings is 2. The Morgan fingerprint density at radius 1 is 1.15 bits per heavy atom. The number of nitrogens with one attached hydrogen (secondary N) is 1. The number of nitrogens with zero attached hydrogens (tertiary/aromatic N) is 4. The Kier molecular flexibility index (Phi) is 3.49. The van der Waals surface area contributed by atoms with E-state index >= 15 is 0 Å². The van der Waals surface area contributed by atoms with E-state index in [0.717, 1.165) is 27.8 Å². The Labute approximate surface area is 151 Å². The summed E-state index contributed by atoms with van der Waals surface area (Å²) in [6, 6.07) is 10.6. The first-order valence-corrected chi connectivity index (χ1v) is 9.19. The number of hydrogen-bond donors (Lipinski definition) is 1. The summed E-state index contributed by atoms with van der Waals surface area (Å²) in [5.41, 5.74) is 4.51. The SMILES string of the molecule is N#Cc1cccnc1-c1cc2cnc3[nH]ccc3c2n1C1CCCCC1. The molecule has 5 rings (SSSR count). The fourth-order valence-corrected chi connectivity index (χ4v) is 4.32. The molecule has 5 heteroatoms. The van der Waals surface area contributed by atoms with Gasteiger partial charge >= 0.3 is 0 Å². The highest BCUT2D eigenvalue weighted by Crippen LogP contribution is 2.39. The Morgan fingerprint density at radius 3 is 2.88 bits per heavy atom. The van der Waals surface area contributed by atoms with Crippen molar-refractivity contribution in [2.75, 3.05) is 0 Å². The summed E-state index contributed by atoms with van der Waals surface area (Å²) in [5.74, 6) is 0. The van der Waals surface area contributed by atoms with Gasteiger partial charge in [0.15, 0.2) is 0 Å². The molecule has 0 atom stereocenters. The van der Waals surface area contributed by atoms with Crippen LogP contribution in [0, 0.1) is 11.3 Å². The molecule has 0 bridgehead atoms. The molecule has 1 aliphatic rings. The summed E-state index contributed by atoms with van der Waals surface area (Å²) in [5, 5.41) is 11.8. The number of aromatic nitrogens is 4. The molecule has 4 heterocycles. The van der Waals surface area contributed by atoms with Crippen LogP contribution in [-0.4, -0.2) is 19.5 Å². The third kappa shape index (κ3) is 2.22. The number of aromatic amines is 1. The monoisotopic (exact) mass is 341 g/mol. The van der Waals surface area contributed by atoms with E-state index in [4.69, 9.17) is 0 Å². The van der Waals surface area contributed by atoms with Crippen LogP contribution in [-0.2, 0) is 0 Å². The standard InChI is InChI=1S/C21H19N5/c22-12-14-5-4-9-23-19(14)18-11-15-13-25-21-17(8-10-24-21)20(15)26(18)16-6-2-1-3-7-16/h4-5,8-11,13,16H,1-3,6-7H2,(H,24,25). The van der Waals surface area contributed by atoms with Gasteiger partial charge in [-0.3, -0.25) is 4.98 Å². The molecule has 4 aromatic rings. The molecular formula is C21H19N5. The predicted octanol–water partition coefficient (Wildman–Crippen LogP) is 4.96. The highest BCUT2D eigenvalue weighted by atomic mass is 15.0. The smallest absolute Gasteiger partial charge is 0.139 e. The van der Waals surface area contributed by atoms with Crippen molar-refractivity contribution in [3.05, 3.63) is 48.4 Å². The average Bonchev–Trinajstić information content (AvgIpc) is 3.32. The summed E-state index contributed by atoms with van der Waals surface area (Å²) in [7, 11) is 0. The lowest BCUT2D eigenvalue weighted by Gasteiger charge is -2.26. The third-order valence-electron chi connectivity index (χ3n) is 5.49. The van der Waals surface area contributed by atoms with E-state index in [1.807, 2.05) is 24.5 Å². The van der Waals surface area contributed by atoms with Crippen molar-refractivity contribution in [1.82, 2.24) is 19.5 Å². The molecule has 0 radical (unpaired) electrons. The molecule has 1 saturated carbocycles. The molecule has 0 unspecified atom stereocenters. The van der Waals surface area contributed by atoms with Crippen molar-refractivity contribution in [3.63, 3.8) is 0 Å². The molecule has 1 N–H and O–H groups in total. The summed E-state index contributed by atoms with van der Waals surface area (Å²) in [6.45, 7) is 0. The molecule has 0 aromatic carbocycles. The van der Waals surface area contributed by atoms with Crippen LogP contribution in [0.25, 0.3) is 33.3 Å². The van der Waals surface area contributed by atoms with Gasteiger partial charge in [0.25, 0.3) is 0 Å². The van der Waals surface area contributed by atoms with Gasteiger partial charge in [0.2, 0.25) is 0 Å². The second-order valence-corrected chi connectivity index (χ2v) is 7.00. The summed E-state index contributed by atoms with van der Waals surface area (Å²) in [4.78, 5) is 12.3. The van der Waals surface area contributed by atoms with Crippen molar-refractivity contribution in [2.24, 2.45) is 0 Å². The van der Waals surface area contributed by atoms with E-state index in [9.17, 15) is 5.26 Å². The van der Waals surface area contributed by atoms with Crippen LogP contribution in [0.2, 0.25) is 0 Å². The normalized spacial score (nSPS) is 15.5. The van der Waals surface area contributed by atoms with Gasteiger partial charge in [0.1, 0.15) is 17.4 Å². The summed E-state index contributed by atoms with van der Waals surface area (Å²) >= 11 is 0. The maximum absolute atomic E-state index is 9.58. The second kappa shape index (κ2) is 5.99. The zero-order valence-corrected chi connectivity index (χ0v) is 14.4. The van der Waals surface area contributed by atoms with Crippen LogP contribution in [0.15, 0.2) is 42.9 Å². The van der Waals surface area contributed by atoms with Crippen LogP contribution in [0.4, 0.5) is 0 Å². The predicted molar refractivity (Wildman–Crippen MR) is 102 cm³/mol. The highest BCUT2D eigenvalue weighted by Gasteiger charge is 2.24. The van der Waals surface area contributed by atoms with Crippen molar-refractivity contribution in [2.45, 2.75) is 38.1 Å². The molecule has 1 fully saturated rings. The molecule has 26 heavy (non-hydrogen) atoms. The Bertz CT molecular complexity index is 1140. The first kappa shape index (κ1) is 15.2. The zero-order valence-electron chi connectivity index (χ0n) is 14.4. The Morgan fingerprint density at radius 2 is 2.04 bits per heavy atom. The van der Waals surface area contributed by atoms with Gasteiger partial charge in [-0.25, -0.2) is 4.98 Å². The van der Waals surface area contributed by atoms with E-state index in [-0.39, 0.29) is 0 Å². The minimum absolute atomic E-state index is 0.435. The molecule has 1 aliphatic carbocycles. The number of rotatable bonds is 2. The van der Waals surface area contributed by atoms with E-state index in [1.165, 1.54) is 37.6 Å². The summed E-state index contributed by atoms with van der Waals surface area (Å²) < 4.78 is 2.43. The number of H-pyrrole nitrogens is 1. The highest BCUT2D eigenvalue weighted by molar-refractivity contribution is 6.05. The molecule has 0 amide bonds. The number of hydrogen-bond acceptors (Lipinski definition) is 3. The van der Waals surface area contributed by atoms with Gasteiger partial charge in [-0.1, -0.05) is 19.3 Å². The lowest BCUT2D eigenvalue weighted by molar-refractivity contribution is 0.363. The van der Waals surface area contributed by atoms with Crippen molar-refractivity contribution in [1.29, 1.82) is 5.26 Å². The van der Waals surface area contributed by atoms with Crippen LogP contribution < -0.4 is 0 Å². The second-order valence-electron chi connectivity index (χ2n) is 7.00. The number of fused-ring (bicyclic) bond motifs is 3. The van der Waals surface area contributed by atoms with Crippen LogP contribution >= 0.6 is 0 Å². The van der Waals surface area contributed by atoms with Crippen molar-refractivity contribution < 1.29 is 0 Å². The Hall–Kier alpha value is -3.13. The van der Waals surface area contributed by atoms with Crippen molar-refractivity contribution >= 4 is 21.9 Å². The van der Waals surface area contributed by atoms with E-state index in [2.05, 4.69) is 37.7 Å². The fourth-order valence-electron chi connectivity index (χ4n) is 4.32. The molecule has 0 saturated heterocycles. The van der Waals surface area contributed by atoms with Crippen LogP contribution in [0.5, 0.6) is 0 Å². The van der Waals surface area contributed by atoms with E-state index < -0.39 is 0 Å². The zero-order chi connectivity index (χ0) is 17.5.